The predicted molar refractivity (Wildman–Crippen MR) is 60.4 cm³/mol. The van der Waals surface area contributed by atoms with Gasteiger partial charge in [0, 0.05) is 38.9 Å². The molecule has 2 rings (SSSR count). The number of aromatic nitrogens is 1. The molecule has 0 spiro atoms. The summed E-state index contributed by atoms with van der Waals surface area (Å²) < 4.78 is 0. The molecule has 0 aliphatic rings. The monoisotopic (exact) mass is 304 g/mol. The Morgan fingerprint density at radius 3 is 2.53 bits per heavy atom. The van der Waals surface area contributed by atoms with E-state index < -0.39 is 11.4 Å². The van der Waals surface area contributed by atoms with Crippen LogP contribution < -0.4 is 5.43 Å². The van der Waals surface area contributed by atoms with E-state index >= 15 is 0 Å². The summed E-state index contributed by atoms with van der Waals surface area (Å²) in [4.78, 5) is 25.4. The molecule has 0 aliphatic heterocycles. The van der Waals surface area contributed by atoms with Crippen molar-refractivity contribution in [1.29, 1.82) is 0 Å². The average molecular weight is 304 g/mol. The molecule has 0 amide bonds. The molecule has 85 valence electrons. The fraction of sp³-hybridized carbons (Fsp3) is 0. The van der Waals surface area contributed by atoms with Crippen LogP contribution in [-0.2, 0) is 32.7 Å². The van der Waals surface area contributed by atoms with Crippen LogP contribution in [0.25, 0.3) is 10.9 Å². The number of pyridine rings is 1. The van der Waals surface area contributed by atoms with Crippen LogP contribution >= 0.6 is 0 Å². The van der Waals surface area contributed by atoms with Crippen LogP contribution in [0, 0.1) is 13.8 Å². The van der Waals surface area contributed by atoms with Gasteiger partial charge in [-0.1, -0.05) is 0 Å². The van der Waals surface area contributed by atoms with E-state index in [0.717, 1.165) is 0 Å². The van der Waals surface area contributed by atoms with Gasteiger partial charge < -0.3 is 14.9 Å². The number of benzene rings is 1. The van der Waals surface area contributed by atoms with Gasteiger partial charge in [-0.2, -0.15) is 0 Å². The maximum Gasteiger partial charge on any atom is 0.340 e. The van der Waals surface area contributed by atoms with Gasteiger partial charge in [-0.15, -0.1) is 11.5 Å². The molecule has 1 radical (unpaired) electrons. The van der Waals surface area contributed by atoms with Gasteiger partial charge in [-0.3, -0.25) is 25.0 Å². The van der Waals surface area contributed by atoms with Gasteiger partial charge in [0.2, 0.25) is 0 Å². The quantitative estimate of drug-likeness (QED) is 0.786. The molecule has 0 saturated heterocycles. The van der Waals surface area contributed by atoms with Gasteiger partial charge in [0.05, 0.1) is 0 Å². The van der Waals surface area contributed by atoms with Gasteiger partial charge in [-0.05, 0) is 5.52 Å². The number of fused-ring (bicyclic) bond motifs is 1. The fourth-order valence-corrected chi connectivity index (χ4v) is 1.58. The summed E-state index contributed by atoms with van der Waals surface area (Å²) in [6, 6.07) is 3.40. The third kappa shape index (κ3) is 2.23. The molecule has 0 unspecified atom stereocenters. The summed E-state index contributed by atoms with van der Waals surface area (Å²) in [7, 11) is 0. The summed E-state index contributed by atoms with van der Waals surface area (Å²) >= 11 is 0. The van der Waals surface area contributed by atoms with Crippen LogP contribution in [0.1, 0.15) is 21.5 Å². The van der Waals surface area contributed by atoms with Crippen molar-refractivity contribution in [3.8, 4) is 0 Å². The first-order valence-electron chi connectivity index (χ1n) is 4.58. The van der Waals surface area contributed by atoms with E-state index in [1.807, 2.05) is 0 Å². The van der Waals surface area contributed by atoms with Crippen molar-refractivity contribution in [2.45, 2.75) is 0 Å². The second kappa shape index (κ2) is 4.94. The van der Waals surface area contributed by atoms with Gasteiger partial charge in [0.1, 0.15) is 11.0 Å². The van der Waals surface area contributed by atoms with E-state index in [0.29, 0.717) is 16.6 Å². The Bertz CT molecular complexity index is 646. The Kier molecular flexibility index (Phi) is 4.01. The van der Waals surface area contributed by atoms with Crippen molar-refractivity contribution in [3.05, 3.63) is 59.1 Å². The third-order valence-electron chi connectivity index (χ3n) is 2.48. The van der Waals surface area contributed by atoms with Crippen LogP contribution in [0.3, 0.4) is 0 Å². The van der Waals surface area contributed by atoms with Crippen molar-refractivity contribution < 1.29 is 42.6 Å². The maximum absolute atomic E-state index is 11.9. The summed E-state index contributed by atoms with van der Waals surface area (Å²) in [6.07, 6.45) is 1.19. The number of carboxylic acid groups (broad SMARTS) is 1. The van der Waals surface area contributed by atoms with Gasteiger partial charge in [0.15, 0.2) is 0 Å². The molecule has 0 bridgehead atoms. The number of nitrogens with one attached hydrogen (secondary N) is 1. The predicted octanol–water partition coefficient (Wildman–Crippen LogP) is 1.59. The zero-order valence-corrected chi connectivity index (χ0v) is 11.8. The standard InChI is InChI=1S/C12H9NO3.Y/c1-6-3-4-9-10(7(6)2)11(14)8(5-13-9)12(15)16;/h3-5H,1-2H2,(H,13,14)(H,15,16);/q-2;. The molecule has 17 heavy (non-hydrogen) atoms. The van der Waals surface area contributed by atoms with E-state index in [9.17, 15) is 9.59 Å². The number of H-pyrrole nitrogens is 1. The van der Waals surface area contributed by atoms with Crippen molar-refractivity contribution in [2.75, 3.05) is 0 Å². The van der Waals surface area contributed by atoms with Crippen LogP contribution in [-0.4, -0.2) is 16.1 Å². The second-order valence-corrected chi connectivity index (χ2v) is 3.46. The average Bonchev–Trinajstić information content (AvgIpc) is 2.23. The van der Waals surface area contributed by atoms with Crippen molar-refractivity contribution in [3.63, 3.8) is 0 Å². The van der Waals surface area contributed by atoms with E-state index in [-0.39, 0.29) is 43.7 Å². The number of aromatic carboxylic acids is 1. The van der Waals surface area contributed by atoms with E-state index in [1.165, 1.54) is 6.20 Å². The Balaban J connectivity index is 0.00000144. The fourth-order valence-electron chi connectivity index (χ4n) is 1.58. The minimum Gasteiger partial charge on any atom is -0.478 e. The number of carbonyl (C=O) groups is 1. The Morgan fingerprint density at radius 1 is 1.29 bits per heavy atom. The third-order valence-corrected chi connectivity index (χ3v) is 2.48. The molecular weight excluding hydrogens is 295 g/mol. The number of hydrogen-bond donors (Lipinski definition) is 2. The molecule has 1 aromatic carbocycles. The van der Waals surface area contributed by atoms with E-state index in [1.54, 1.807) is 12.1 Å². The Labute approximate surface area is 123 Å². The number of rotatable bonds is 1. The minimum atomic E-state index is -1.25. The van der Waals surface area contributed by atoms with Crippen LogP contribution in [0.2, 0.25) is 0 Å². The van der Waals surface area contributed by atoms with Gasteiger partial charge in [0.25, 0.3) is 0 Å². The Hall–Kier alpha value is -1.26. The van der Waals surface area contributed by atoms with E-state index in [4.69, 9.17) is 5.11 Å². The smallest absolute Gasteiger partial charge is 0.340 e. The molecule has 0 fully saturated rings. The molecule has 0 atom stereocenters. The molecule has 0 saturated carbocycles. The second-order valence-electron chi connectivity index (χ2n) is 3.46. The van der Waals surface area contributed by atoms with Gasteiger partial charge >= 0.3 is 5.97 Å². The minimum absolute atomic E-state index is 0. The SMILES string of the molecule is [CH2-]c1ccc2[nH]cc(C(=O)O)c(=O)c2c1[CH2-].[Y]. The number of aromatic amines is 1. The normalized spacial score (nSPS) is 9.88. The molecule has 2 aromatic rings. The molecule has 1 aromatic heterocycles. The largest absolute Gasteiger partial charge is 0.478 e. The van der Waals surface area contributed by atoms with Crippen LogP contribution in [0.4, 0.5) is 0 Å². The topological polar surface area (TPSA) is 70.2 Å². The molecular formula is C12H9NO3Y-2. The van der Waals surface area contributed by atoms with E-state index in [2.05, 4.69) is 18.8 Å². The maximum atomic E-state index is 11.9. The number of hydrogen-bond acceptors (Lipinski definition) is 2. The Morgan fingerprint density at radius 2 is 1.94 bits per heavy atom. The molecule has 0 aliphatic carbocycles. The van der Waals surface area contributed by atoms with Crippen molar-refractivity contribution in [1.82, 2.24) is 4.98 Å². The zero-order valence-electron chi connectivity index (χ0n) is 8.99. The van der Waals surface area contributed by atoms with Crippen LogP contribution in [0.5, 0.6) is 0 Å². The van der Waals surface area contributed by atoms with Crippen molar-refractivity contribution in [2.24, 2.45) is 0 Å². The molecule has 5 heteroatoms. The summed E-state index contributed by atoms with van der Waals surface area (Å²) in [6.45, 7) is 7.46. The molecule has 2 N–H and O–H groups in total. The first kappa shape index (κ1) is 13.8. The molecule has 4 nitrogen and oxygen atoms in total. The van der Waals surface area contributed by atoms with Crippen molar-refractivity contribution >= 4 is 16.9 Å². The summed E-state index contributed by atoms with van der Waals surface area (Å²) in [5.41, 5.74) is 0.814. The zero-order chi connectivity index (χ0) is 11.9. The first-order chi connectivity index (χ1) is 7.52. The first-order valence-corrected chi connectivity index (χ1v) is 4.58. The molecule has 1 heterocycles. The number of carboxylic acids is 1. The van der Waals surface area contributed by atoms with Crippen LogP contribution in [0.15, 0.2) is 23.1 Å². The van der Waals surface area contributed by atoms with Gasteiger partial charge in [-0.25, -0.2) is 10.9 Å². The summed E-state index contributed by atoms with van der Waals surface area (Å²) in [5, 5.41) is 9.11. The summed E-state index contributed by atoms with van der Waals surface area (Å²) in [5.74, 6) is -1.25.